The number of benzene rings is 2. The van der Waals surface area contributed by atoms with Gasteiger partial charge in [-0.15, -0.1) is 0 Å². The maximum absolute atomic E-state index is 12.6. The zero-order chi connectivity index (χ0) is 18.1. The molecular formula is C20H23N5O. The van der Waals surface area contributed by atoms with Gasteiger partial charge in [-0.1, -0.05) is 18.2 Å². The summed E-state index contributed by atoms with van der Waals surface area (Å²) >= 11 is 0. The standard InChI is InChI=1S/C20H23N5O/c1-15-21-18-14-16(8-9-19(18)23(15)2)22-20(26)25-12-10-24(11-13-25)17-6-4-3-5-7-17/h3-9,14H,10-13H2,1-2H3,(H,22,26). The average Bonchev–Trinajstić information content (AvgIpc) is 2.96. The number of hydrogen-bond donors (Lipinski definition) is 1. The monoisotopic (exact) mass is 349 g/mol. The minimum absolute atomic E-state index is 0.0512. The highest BCUT2D eigenvalue weighted by Crippen LogP contribution is 2.20. The van der Waals surface area contributed by atoms with Gasteiger partial charge in [0.15, 0.2) is 0 Å². The summed E-state index contributed by atoms with van der Waals surface area (Å²) in [6, 6.07) is 16.1. The van der Waals surface area contributed by atoms with Crippen LogP contribution >= 0.6 is 0 Å². The van der Waals surface area contributed by atoms with Crippen LogP contribution in [0.15, 0.2) is 48.5 Å². The Morgan fingerprint density at radius 2 is 1.77 bits per heavy atom. The Morgan fingerprint density at radius 3 is 2.50 bits per heavy atom. The first-order valence-corrected chi connectivity index (χ1v) is 8.91. The number of amides is 2. The number of urea groups is 1. The Hall–Kier alpha value is -3.02. The molecule has 4 rings (SSSR count). The molecule has 1 aromatic heterocycles. The number of fused-ring (bicyclic) bond motifs is 1. The van der Waals surface area contributed by atoms with Gasteiger partial charge in [0.05, 0.1) is 11.0 Å². The second-order valence-electron chi connectivity index (χ2n) is 6.66. The Balaban J connectivity index is 1.40. The second kappa shape index (κ2) is 6.71. The molecule has 0 bridgehead atoms. The maximum Gasteiger partial charge on any atom is 0.321 e. The third-order valence-electron chi connectivity index (χ3n) is 5.04. The summed E-state index contributed by atoms with van der Waals surface area (Å²) < 4.78 is 2.05. The van der Waals surface area contributed by atoms with Gasteiger partial charge in [-0.05, 0) is 37.3 Å². The number of anilines is 2. The molecule has 0 saturated carbocycles. The molecule has 2 amide bonds. The first-order valence-electron chi connectivity index (χ1n) is 8.91. The van der Waals surface area contributed by atoms with Crippen molar-refractivity contribution in [3.63, 3.8) is 0 Å². The lowest BCUT2D eigenvalue weighted by Crippen LogP contribution is -2.50. The van der Waals surface area contributed by atoms with Crippen LogP contribution in [0.1, 0.15) is 5.82 Å². The highest BCUT2D eigenvalue weighted by atomic mass is 16.2. The van der Waals surface area contributed by atoms with Gasteiger partial charge in [0.1, 0.15) is 5.82 Å². The molecule has 1 aliphatic rings. The fraction of sp³-hybridized carbons (Fsp3) is 0.300. The molecule has 26 heavy (non-hydrogen) atoms. The zero-order valence-electron chi connectivity index (χ0n) is 15.1. The Labute approximate surface area is 153 Å². The summed E-state index contributed by atoms with van der Waals surface area (Å²) in [7, 11) is 2.00. The largest absolute Gasteiger partial charge is 0.368 e. The van der Waals surface area contributed by atoms with Gasteiger partial charge < -0.3 is 19.7 Å². The second-order valence-corrected chi connectivity index (χ2v) is 6.66. The van der Waals surface area contributed by atoms with Crippen molar-refractivity contribution in [3.8, 4) is 0 Å². The van der Waals surface area contributed by atoms with Crippen LogP contribution in [0.5, 0.6) is 0 Å². The van der Waals surface area contributed by atoms with Crippen LogP contribution in [0.25, 0.3) is 11.0 Å². The summed E-state index contributed by atoms with van der Waals surface area (Å²) in [5.74, 6) is 0.959. The van der Waals surface area contributed by atoms with E-state index in [-0.39, 0.29) is 6.03 Å². The van der Waals surface area contributed by atoms with E-state index in [4.69, 9.17) is 0 Å². The molecule has 2 aromatic carbocycles. The van der Waals surface area contributed by atoms with Crippen LogP contribution in [0.2, 0.25) is 0 Å². The number of aromatic nitrogens is 2. The SMILES string of the molecule is Cc1nc2cc(NC(=O)N3CCN(c4ccccc4)CC3)ccc2n1C. The number of piperazine rings is 1. The van der Waals surface area contributed by atoms with Crippen LogP contribution in [-0.4, -0.2) is 46.7 Å². The van der Waals surface area contributed by atoms with Crippen LogP contribution in [-0.2, 0) is 7.05 Å². The molecule has 6 heteroatoms. The molecule has 0 atom stereocenters. The molecule has 2 heterocycles. The highest BCUT2D eigenvalue weighted by molar-refractivity contribution is 5.92. The normalized spacial score (nSPS) is 14.7. The van der Waals surface area contributed by atoms with Crippen LogP contribution in [0, 0.1) is 6.92 Å². The van der Waals surface area contributed by atoms with E-state index < -0.39 is 0 Å². The first-order chi connectivity index (χ1) is 12.6. The van der Waals surface area contributed by atoms with E-state index in [2.05, 4.69) is 27.3 Å². The van der Waals surface area contributed by atoms with Crippen molar-refractivity contribution in [2.24, 2.45) is 7.05 Å². The molecule has 1 saturated heterocycles. The predicted molar refractivity (Wildman–Crippen MR) is 105 cm³/mol. The molecule has 0 aliphatic carbocycles. The summed E-state index contributed by atoms with van der Waals surface area (Å²) in [6.07, 6.45) is 0. The van der Waals surface area contributed by atoms with Crippen molar-refractivity contribution in [1.29, 1.82) is 0 Å². The van der Waals surface area contributed by atoms with Crippen LogP contribution < -0.4 is 10.2 Å². The number of nitrogens with zero attached hydrogens (tertiary/aromatic N) is 4. The van der Waals surface area contributed by atoms with E-state index in [9.17, 15) is 4.79 Å². The Bertz CT molecular complexity index is 926. The summed E-state index contributed by atoms with van der Waals surface area (Å²) in [6.45, 7) is 5.09. The number of para-hydroxylation sites is 1. The summed E-state index contributed by atoms with van der Waals surface area (Å²) in [4.78, 5) is 21.3. The number of nitrogens with one attached hydrogen (secondary N) is 1. The average molecular weight is 349 g/mol. The molecule has 1 fully saturated rings. The quantitative estimate of drug-likeness (QED) is 0.773. The molecule has 1 aliphatic heterocycles. The zero-order valence-corrected chi connectivity index (χ0v) is 15.1. The van der Waals surface area contributed by atoms with Crippen molar-refractivity contribution in [3.05, 3.63) is 54.4 Å². The third-order valence-corrected chi connectivity index (χ3v) is 5.04. The number of aryl methyl sites for hydroxylation is 2. The Kier molecular flexibility index (Phi) is 4.24. The fourth-order valence-electron chi connectivity index (χ4n) is 3.41. The van der Waals surface area contributed by atoms with E-state index in [1.165, 1.54) is 5.69 Å². The number of rotatable bonds is 2. The van der Waals surface area contributed by atoms with E-state index in [0.29, 0.717) is 13.1 Å². The highest BCUT2D eigenvalue weighted by Gasteiger charge is 2.21. The van der Waals surface area contributed by atoms with Gasteiger partial charge in [-0.2, -0.15) is 0 Å². The molecule has 3 aromatic rings. The number of hydrogen-bond acceptors (Lipinski definition) is 3. The fourth-order valence-corrected chi connectivity index (χ4v) is 3.41. The molecule has 0 spiro atoms. The summed E-state index contributed by atoms with van der Waals surface area (Å²) in [5, 5.41) is 3.01. The van der Waals surface area contributed by atoms with Gasteiger partial charge in [0.2, 0.25) is 0 Å². The van der Waals surface area contributed by atoms with Gasteiger partial charge >= 0.3 is 6.03 Å². The Morgan fingerprint density at radius 1 is 1.04 bits per heavy atom. The molecule has 6 nitrogen and oxygen atoms in total. The van der Waals surface area contributed by atoms with Gasteiger partial charge in [-0.25, -0.2) is 9.78 Å². The number of carbonyl (C=O) groups excluding carboxylic acids is 1. The molecule has 0 radical (unpaired) electrons. The lowest BCUT2D eigenvalue weighted by molar-refractivity contribution is 0.208. The van der Waals surface area contributed by atoms with Gasteiger partial charge in [0, 0.05) is 44.6 Å². The lowest BCUT2D eigenvalue weighted by atomic mass is 10.2. The molecule has 134 valence electrons. The topological polar surface area (TPSA) is 53.4 Å². The minimum atomic E-state index is -0.0512. The number of carbonyl (C=O) groups is 1. The molecule has 1 N–H and O–H groups in total. The molecular weight excluding hydrogens is 326 g/mol. The van der Waals surface area contributed by atoms with Crippen molar-refractivity contribution in [1.82, 2.24) is 14.5 Å². The van der Waals surface area contributed by atoms with Gasteiger partial charge in [-0.3, -0.25) is 0 Å². The van der Waals surface area contributed by atoms with E-state index in [1.54, 1.807) is 0 Å². The van der Waals surface area contributed by atoms with Crippen LogP contribution in [0.4, 0.5) is 16.2 Å². The predicted octanol–water partition coefficient (Wildman–Crippen LogP) is 3.24. The van der Waals surface area contributed by atoms with Crippen molar-refractivity contribution in [2.75, 3.05) is 36.4 Å². The van der Waals surface area contributed by atoms with Crippen molar-refractivity contribution >= 4 is 28.4 Å². The minimum Gasteiger partial charge on any atom is -0.368 e. The lowest BCUT2D eigenvalue weighted by Gasteiger charge is -2.36. The van der Waals surface area contributed by atoms with Gasteiger partial charge in [0.25, 0.3) is 0 Å². The van der Waals surface area contributed by atoms with Crippen molar-refractivity contribution < 1.29 is 4.79 Å². The third kappa shape index (κ3) is 3.10. The number of imidazole rings is 1. The first kappa shape index (κ1) is 16.4. The van der Waals surface area contributed by atoms with E-state index >= 15 is 0 Å². The summed E-state index contributed by atoms with van der Waals surface area (Å²) in [5.41, 5.74) is 3.96. The molecule has 0 unspecified atom stereocenters. The van der Waals surface area contributed by atoms with E-state index in [0.717, 1.165) is 35.6 Å². The van der Waals surface area contributed by atoms with Crippen LogP contribution in [0.3, 0.4) is 0 Å². The van der Waals surface area contributed by atoms with Crippen molar-refractivity contribution in [2.45, 2.75) is 6.92 Å². The maximum atomic E-state index is 12.6. The van der Waals surface area contributed by atoms with E-state index in [1.807, 2.05) is 59.8 Å². The smallest absolute Gasteiger partial charge is 0.321 e.